The number of anilines is 1. The fraction of sp³-hybridized carbons (Fsp3) is 0.389. The number of amides is 2. The van der Waals surface area contributed by atoms with Gasteiger partial charge in [0, 0.05) is 31.3 Å². The molecule has 2 amide bonds. The zero-order chi connectivity index (χ0) is 17.4. The zero-order valence-corrected chi connectivity index (χ0v) is 13.8. The van der Waals surface area contributed by atoms with Gasteiger partial charge in [-0.25, -0.2) is 4.79 Å². The van der Waals surface area contributed by atoms with E-state index >= 15 is 0 Å². The van der Waals surface area contributed by atoms with E-state index in [0.29, 0.717) is 19.4 Å². The third-order valence-corrected chi connectivity index (χ3v) is 3.77. The molecule has 1 aliphatic heterocycles. The van der Waals surface area contributed by atoms with Crippen molar-refractivity contribution in [1.29, 1.82) is 0 Å². The predicted octanol–water partition coefficient (Wildman–Crippen LogP) is 1.59. The Bertz CT molecular complexity index is 622. The van der Waals surface area contributed by atoms with Crippen molar-refractivity contribution in [2.45, 2.75) is 25.7 Å². The number of hydrogen-bond acceptors (Lipinski definition) is 4. The summed E-state index contributed by atoms with van der Waals surface area (Å²) >= 11 is 0. The van der Waals surface area contributed by atoms with Gasteiger partial charge in [0.25, 0.3) is 0 Å². The van der Waals surface area contributed by atoms with Gasteiger partial charge in [-0.2, -0.15) is 0 Å². The third-order valence-electron chi connectivity index (χ3n) is 3.77. The molecule has 1 N–H and O–H groups in total. The molecule has 6 heteroatoms. The van der Waals surface area contributed by atoms with E-state index in [0.717, 1.165) is 24.2 Å². The highest BCUT2D eigenvalue weighted by molar-refractivity contribution is 5.95. The topological polar surface area (TPSA) is 75.7 Å². The van der Waals surface area contributed by atoms with Gasteiger partial charge < -0.3 is 15.0 Å². The van der Waals surface area contributed by atoms with Gasteiger partial charge in [-0.3, -0.25) is 9.59 Å². The van der Waals surface area contributed by atoms with E-state index in [1.54, 1.807) is 11.0 Å². The Labute approximate surface area is 141 Å². The molecule has 0 radical (unpaired) electrons. The molecular weight excluding hydrogens is 308 g/mol. The average Bonchev–Trinajstić information content (AvgIpc) is 3.01. The summed E-state index contributed by atoms with van der Waals surface area (Å²) < 4.78 is 4.47. The van der Waals surface area contributed by atoms with Crippen molar-refractivity contribution in [2.24, 2.45) is 0 Å². The van der Waals surface area contributed by atoms with Crippen molar-refractivity contribution in [3.8, 4) is 0 Å². The minimum atomic E-state index is -0.405. The van der Waals surface area contributed by atoms with Crippen LogP contribution >= 0.6 is 0 Å². The van der Waals surface area contributed by atoms with E-state index in [1.165, 1.54) is 13.2 Å². The van der Waals surface area contributed by atoms with E-state index < -0.39 is 5.97 Å². The number of benzene rings is 1. The Kier molecular flexibility index (Phi) is 6.54. The Morgan fingerprint density at radius 2 is 2.04 bits per heavy atom. The molecule has 2 rings (SSSR count). The molecule has 0 bridgehead atoms. The van der Waals surface area contributed by atoms with Crippen molar-refractivity contribution in [1.82, 2.24) is 5.32 Å². The number of nitrogens with zero attached hydrogens (tertiary/aromatic N) is 1. The van der Waals surface area contributed by atoms with E-state index in [1.807, 2.05) is 24.3 Å². The van der Waals surface area contributed by atoms with Crippen LogP contribution in [0, 0.1) is 0 Å². The average molecular weight is 330 g/mol. The lowest BCUT2D eigenvalue weighted by Crippen LogP contribution is -2.26. The fourth-order valence-corrected chi connectivity index (χ4v) is 2.51. The molecule has 0 aliphatic carbocycles. The molecule has 0 saturated carbocycles. The summed E-state index contributed by atoms with van der Waals surface area (Å²) in [6, 6.07) is 7.51. The van der Waals surface area contributed by atoms with E-state index in [4.69, 9.17) is 0 Å². The van der Waals surface area contributed by atoms with Crippen LogP contribution in [0.5, 0.6) is 0 Å². The minimum absolute atomic E-state index is 0.0773. The lowest BCUT2D eigenvalue weighted by atomic mass is 10.1. The van der Waals surface area contributed by atoms with Crippen molar-refractivity contribution in [3.63, 3.8) is 0 Å². The second kappa shape index (κ2) is 8.86. The first kappa shape index (κ1) is 17.7. The van der Waals surface area contributed by atoms with Gasteiger partial charge >= 0.3 is 5.97 Å². The molecule has 1 fully saturated rings. The van der Waals surface area contributed by atoms with E-state index in [2.05, 4.69) is 10.1 Å². The number of esters is 1. The molecule has 1 aromatic rings. The number of nitrogens with one attached hydrogen (secondary N) is 1. The van der Waals surface area contributed by atoms with Crippen molar-refractivity contribution in [3.05, 3.63) is 42.0 Å². The summed E-state index contributed by atoms with van der Waals surface area (Å²) in [6.45, 7) is 1.23. The zero-order valence-electron chi connectivity index (χ0n) is 13.8. The maximum Gasteiger partial charge on any atom is 0.330 e. The quantitative estimate of drug-likeness (QED) is 0.468. The molecule has 1 aromatic carbocycles. The SMILES string of the molecule is COC(=O)/C=C/CCNC(=O)Cc1ccc(N2CCCC2=O)cc1. The number of methoxy groups -OCH3 is 1. The van der Waals surface area contributed by atoms with Crippen LogP contribution in [0.2, 0.25) is 0 Å². The van der Waals surface area contributed by atoms with Gasteiger partial charge in [0.1, 0.15) is 0 Å². The maximum absolute atomic E-state index is 11.9. The van der Waals surface area contributed by atoms with Crippen molar-refractivity contribution < 1.29 is 19.1 Å². The highest BCUT2D eigenvalue weighted by Gasteiger charge is 2.21. The van der Waals surface area contributed by atoms with Crippen LogP contribution in [-0.2, 0) is 25.5 Å². The molecule has 24 heavy (non-hydrogen) atoms. The molecule has 0 aromatic heterocycles. The number of carbonyl (C=O) groups excluding carboxylic acids is 3. The van der Waals surface area contributed by atoms with E-state index in [-0.39, 0.29) is 18.2 Å². The standard InChI is InChI=1S/C18H22N2O4/c1-24-18(23)6-2-3-11-19-16(21)13-14-7-9-15(10-8-14)20-12-4-5-17(20)22/h2,6-10H,3-5,11-13H2,1H3,(H,19,21)/b6-2+. The second-order valence-corrected chi connectivity index (χ2v) is 5.56. The third kappa shape index (κ3) is 5.22. The summed E-state index contributed by atoms with van der Waals surface area (Å²) in [5.74, 6) is -0.329. The smallest absolute Gasteiger partial charge is 0.330 e. The molecule has 0 atom stereocenters. The van der Waals surface area contributed by atoms with Gasteiger partial charge in [0.2, 0.25) is 11.8 Å². The molecular formula is C18H22N2O4. The van der Waals surface area contributed by atoms with Gasteiger partial charge in [-0.05, 0) is 30.5 Å². The Balaban J connectivity index is 1.75. The normalized spacial score (nSPS) is 14.2. The van der Waals surface area contributed by atoms with Gasteiger partial charge in [0.05, 0.1) is 13.5 Å². The van der Waals surface area contributed by atoms with Crippen molar-refractivity contribution in [2.75, 3.05) is 25.1 Å². The Hall–Kier alpha value is -2.63. The number of rotatable bonds is 7. The predicted molar refractivity (Wildman–Crippen MR) is 90.5 cm³/mol. The van der Waals surface area contributed by atoms with Crippen LogP contribution in [-0.4, -0.2) is 38.0 Å². The number of ether oxygens (including phenoxy) is 1. The monoisotopic (exact) mass is 330 g/mol. The van der Waals surface area contributed by atoms with Gasteiger partial charge in [-0.1, -0.05) is 18.2 Å². The molecule has 1 aliphatic rings. The fourth-order valence-electron chi connectivity index (χ4n) is 2.51. The van der Waals surface area contributed by atoms with Crippen LogP contribution in [0.1, 0.15) is 24.8 Å². The van der Waals surface area contributed by atoms with Crippen LogP contribution in [0.3, 0.4) is 0 Å². The largest absolute Gasteiger partial charge is 0.466 e. The summed E-state index contributed by atoms with van der Waals surface area (Å²) in [6.07, 6.45) is 5.35. The lowest BCUT2D eigenvalue weighted by Gasteiger charge is -2.15. The Morgan fingerprint density at radius 1 is 1.29 bits per heavy atom. The molecule has 0 spiro atoms. The molecule has 128 valence electrons. The lowest BCUT2D eigenvalue weighted by molar-refractivity contribution is -0.134. The van der Waals surface area contributed by atoms with Gasteiger partial charge in [0.15, 0.2) is 0 Å². The highest BCUT2D eigenvalue weighted by Crippen LogP contribution is 2.21. The minimum Gasteiger partial charge on any atom is -0.466 e. The molecule has 6 nitrogen and oxygen atoms in total. The van der Waals surface area contributed by atoms with Crippen LogP contribution in [0.15, 0.2) is 36.4 Å². The van der Waals surface area contributed by atoms with Crippen LogP contribution < -0.4 is 10.2 Å². The summed E-state index contributed by atoms with van der Waals surface area (Å²) in [5, 5.41) is 2.79. The van der Waals surface area contributed by atoms with Crippen LogP contribution in [0.4, 0.5) is 5.69 Å². The number of hydrogen-bond donors (Lipinski definition) is 1. The second-order valence-electron chi connectivity index (χ2n) is 5.56. The maximum atomic E-state index is 11.9. The summed E-state index contributed by atoms with van der Waals surface area (Å²) in [5.41, 5.74) is 1.78. The van der Waals surface area contributed by atoms with Crippen molar-refractivity contribution >= 4 is 23.5 Å². The van der Waals surface area contributed by atoms with Crippen LogP contribution in [0.25, 0.3) is 0 Å². The van der Waals surface area contributed by atoms with Gasteiger partial charge in [-0.15, -0.1) is 0 Å². The molecule has 1 heterocycles. The summed E-state index contributed by atoms with van der Waals surface area (Å²) in [4.78, 5) is 36.2. The van der Waals surface area contributed by atoms with E-state index in [9.17, 15) is 14.4 Å². The highest BCUT2D eigenvalue weighted by atomic mass is 16.5. The Morgan fingerprint density at radius 3 is 2.67 bits per heavy atom. The first-order valence-electron chi connectivity index (χ1n) is 8.00. The molecule has 0 unspecified atom stereocenters. The first-order valence-corrected chi connectivity index (χ1v) is 8.00. The first-order chi connectivity index (χ1) is 11.6. The number of carbonyl (C=O) groups is 3. The molecule has 1 saturated heterocycles. The summed E-state index contributed by atoms with van der Waals surface area (Å²) in [7, 11) is 1.32.